The van der Waals surface area contributed by atoms with Crippen molar-refractivity contribution in [3.05, 3.63) is 48.5 Å². The van der Waals surface area contributed by atoms with E-state index in [2.05, 4.69) is 21.7 Å². The van der Waals surface area contributed by atoms with Crippen molar-refractivity contribution in [3.8, 4) is 0 Å². The van der Waals surface area contributed by atoms with E-state index in [9.17, 15) is 0 Å². The van der Waals surface area contributed by atoms with E-state index in [-0.39, 0.29) is 6.23 Å². The molecule has 0 aliphatic rings. The maximum atomic E-state index is 5.49. The first kappa shape index (κ1) is 11.1. The van der Waals surface area contributed by atoms with Gasteiger partial charge in [-0.3, -0.25) is 0 Å². The van der Waals surface area contributed by atoms with E-state index in [4.69, 9.17) is 4.74 Å². The molecular weight excluding hydrogens is 224 g/mol. The van der Waals surface area contributed by atoms with Gasteiger partial charge in [0.1, 0.15) is 11.0 Å². The van der Waals surface area contributed by atoms with E-state index in [0.717, 1.165) is 22.1 Å². The quantitative estimate of drug-likeness (QED) is 0.507. The summed E-state index contributed by atoms with van der Waals surface area (Å²) in [6, 6.07) is 16.3. The van der Waals surface area contributed by atoms with Crippen molar-refractivity contribution in [1.29, 1.82) is 0 Å². The first-order chi connectivity index (χ1) is 8.81. The molecule has 1 heterocycles. The second-order valence-corrected chi connectivity index (χ2v) is 4.29. The molecule has 0 saturated heterocycles. The normalized spacial score (nSPS) is 13.0. The van der Waals surface area contributed by atoms with Crippen molar-refractivity contribution in [3.63, 3.8) is 0 Å². The summed E-state index contributed by atoms with van der Waals surface area (Å²) in [5.41, 5.74) is 4.15. The Morgan fingerprint density at radius 3 is 1.94 bits per heavy atom. The molecule has 0 fully saturated rings. The Kier molecular flexibility index (Phi) is 2.68. The number of ether oxygens (including phenoxy) is 1. The van der Waals surface area contributed by atoms with Crippen LogP contribution in [0.3, 0.4) is 0 Å². The Morgan fingerprint density at radius 2 is 1.44 bits per heavy atom. The lowest BCUT2D eigenvalue weighted by Gasteiger charge is -2.09. The fourth-order valence-electron chi connectivity index (χ4n) is 2.28. The molecule has 0 saturated carbocycles. The summed E-state index contributed by atoms with van der Waals surface area (Å²) in [6.07, 6.45) is -0.0252. The second kappa shape index (κ2) is 4.35. The summed E-state index contributed by atoms with van der Waals surface area (Å²) in [4.78, 5) is 4.68. The van der Waals surface area contributed by atoms with Crippen molar-refractivity contribution in [2.24, 2.45) is 0 Å². The number of hydrogen-bond acceptors (Lipinski definition) is 2. The Labute approximate surface area is 106 Å². The number of nitrogens with zero attached hydrogens (tertiary/aromatic N) is 2. The predicted molar refractivity (Wildman–Crippen MR) is 71.2 cm³/mol. The van der Waals surface area contributed by atoms with Crippen molar-refractivity contribution < 1.29 is 9.30 Å². The maximum absolute atomic E-state index is 5.49. The highest BCUT2D eigenvalue weighted by Gasteiger charge is 2.21. The third kappa shape index (κ3) is 1.64. The molecule has 0 spiro atoms. The highest BCUT2D eigenvalue weighted by Crippen LogP contribution is 2.16. The number of benzene rings is 2. The summed E-state index contributed by atoms with van der Waals surface area (Å²) in [7, 11) is 1.72. The van der Waals surface area contributed by atoms with Gasteiger partial charge in [0.15, 0.2) is 0 Å². The van der Waals surface area contributed by atoms with Gasteiger partial charge >= 0.3 is 0 Å². The molecule has 0 N–H and O–H groups in total. The molecule has 2 aromatic carbocycles. The minimum absolute atomic E-state index is 0.0252. The minimum Gasteiger partial charge on any atom is -0.324 e. The zero-order valence-electron chi connectivity index (χ0n) is 10.5. The van der Waals surface area contributed by atoms with Crippen LogP contribution in [0.25, 0.3) is 22.1 Å². The van der Waals surface area contributed by atoms with Crippen molar-refractivity contribution >= 4 is 22.1 Å². The molecular formula is C15H15N2O+. The second-order valence-electron chi connectivity index (χ2n) is 4.29. The van der Waals surface area contributed by atoms with E-state index in [1.165, 1.54) is 0 Å². The van der Waals surface area contributed by atoms with Crippen LogP contribution in [-0.2, 0) is 4.74 Å². The molecule has 1 aromatic heterocycles. The van der Waals surface area contributed by atoms with E-state index < -0.39 is 0 Å². The van der Waals surface area contributed by atoms with Gasteiger partial charge in [0.2, 0.25) is 11.0 Å². The molecule has 0 aliphatic carbocycles. The van der Waals surface area contributed by atoms with Crippen LogP contribution in [0.5, 0.6) is 0 Å². The lowest BCUT2D eigenvalue weighted by Crippen LogP contribution is -2.40. The number of hydrogen-bond donors (Lipinski definition) is 0. The van der Waals surface area contributed by atoms with E-state index in [1.807, 2.05) is 43.3 Å². The van der Waals surface area contributed by atoms with Crippen LogP contribution in [0.1, 0.15) is 13.2 Å². The summed E-state index contributed by atoms with van der Waals surface area (Å²) < 4.78 is 7.67. The van der Waals surface area contributed by atoms with E-state index in [1.54, 1.807) is 7.11 Å². The minimum atomic E-state index is -0.0252. The molecule has 3 nitrogen and oxygen atoms in total. The van der Waals surface area contributed by atoms with Gasteiger partial charge in [-0.15, -0.1) is 0 Å². The maximum Gasteiger partial charge on any atom is 0.260 e. The average Bonchev–Trinajstić information content (AvgIpc) is 2.44. The van der Waals surface area contributed by atoms with Gasteiger partial charge in [0.25, 0.3) is 6.23 Å². The SMILES string of the molecule is COC(C)[n+]1c2ccccc2nc2ccccc21. The Hall–Kier alpha value is -2.00. The molecule has 3 heteroatoms. The van der Waals surface area contributed by atoms with Crippen LogP contribution in [-0.4, -0.2) is 12.1 Å². The van der Waals surface area contributed by atoms with Crippen LogP contribution < -0.4 is 4.57 Å². The van der Waals surface area contributed by atoms with Gasteiger partial charge in [0.05, 0.1) is 0 Å². The predicted octanol–water partition coefficient (Wildman–Crippen LogP) is 2.84. The van der Waals surface area contributed by atoms with Crippen LogP contribution in [0.15, 0.2) is 48.5 Å². The topological polar surface area (TPSA) is 26.0 Å². The Morgan fingerprint density at radius 1 is 0.944 bits per heavy atom. The lowest BCUT2D eigenvalue weighted by atomic mass is 10.2. The van der Waals surface area contributed by atoms with Gasteiger partial charge < -0.3 is 4.74 Å². The van der Waals surface area contributed by atoms with Gasteiger partial charge in [-0.05, 0) is 12.1 Å². The largest absolute Gasteiger partial charge is 0.324 e. The molecule has 1 unspecified atom stereocenters. The number of fused-ring (bicyclic) bond motifs is 2. The fraction of sp³-hybridized carbons (Fsp3) is 0.200. The smallest absolute Gasteiger partial charge is 0.260 e. The van der Waals surface area contributed by atoms with Crippen molar-refractivity contribution in [1.82, 2.24) is 4.98 Å². The van der Waals surface area contributed by atoms with Crippen LogP contribution in [0.2, 0.25) is 0 Å². The molecule has 0 bridgehead atoms. The van der Waals surface area contributed by atoms with Gasteiger partial charge in [-0.25, -0.2) is 4.98 Å². The van der Waals surface area contributed by atoms with E-state index in [0.29, 0.717) is 0 Å². The zero-order chi connectivity index (χ0) is 12.5. The molecule has 0 amide bonds. The first-order valence-electron chi connectivity index (χ1n) is 6.03. The fourth-order valence-corrected chi connectivity index (χ4v) is 2.28. The summed E-state index contributed by atoms with van der Waals surface area (Å²) in [5, 5.41) is 0. The third-order valence-corrected chi connectivity index (χ3v) is 3.23. The summed E-state index contributed by atoms with van der Waals surface area (Å²) in [6.45, 7) is 2.04. The molecule has 18 heavy (non-hydrogen) atoms. The highest BCUT2D eigenvalue weighted by molar-refractivity contribution is 5.81. The molecule has 3 rings (SSSR count). The standard InChI is InChI=1S/C15H15N2O/c1-11(18-2)17-14-9-5-3-7-12(14)16-13-8-4-6-10-15(13)17/h3-11H,1-2H3/q+1. The molecule has 1 atom stereocenters. The van der Waals surface area contributed by atoms with Crippen LogP contribution in [0.4, 0.5) is 0 Å². The molecule has 0 aliphatic heterocycles. The number of para-hydroxylation sites is 4. The molecule has 90 valence electrons. The van der Waals surface area contributed by atoms with Crippen molar-refractivity contribution in [2.75, 3.05) is 7.11 Å². The monoisotopic (exact) mass is 239 g/mol. The lowest BCUT2D eigenvalue weighted by molar-refractivity contribution is -0.712. The first-order valence-corrected chi connectivity index (χ1v) is 6.03. The summed E-state index contributed by atoms with van der Waals surface area (Å²) >= 11 is 0. The summed E-state index contributed by atoms with van der Waals surface area (Å²) in [5.74, 6) is 0. The number of methoxy groups -OCH3 is 1. The third-order valence-electron chi connectivity index (χ3n) is 3.23. The zero-order valence-corrected chi connectivity index (χ0v) is 10.5. The Balaban J connectivity index is 2.49. The average molecular weight is 239 g/mol. The van der Waals surface area contributed by atoms with Crippen LogP contribution in [0, 0.1) is 0 Å². The number of rotatable bonds is 2. The van der Waals surface area contributed by atoms with E-state index >= 15 is 0 Å². The molecule has 3 aromatic rings. The van der Waals surface area contributed by atoms with Crippen LogP contribution >= 0.6 is 0 Å². The Bertz CT molecular complexity index is 655. The van der Waals surface area contributed by atoms with Gasteiger partial charge in [0, 0.05) is 26.2 Å². The van der Waals surface area contributed by atoms with Gasteiger partial charge in [-0.2, -0.15) is 4.57 Å². The van der Waals surface area contributed by atoms with Crippen molar-refractivity contribution in [2.45, 2.75) is 13.2 Å². The molecule has 0 radical (unpaired) electrons. The highest BCUT2D eigenvalue weighted by atomic mass is 16.5. The number of aromatic nitrogens is 2. The van der Waals surface area contributed by atoms with Gasteiger partial charge in [-0.1, -0.05) is 24.3 Å².